The van der Waals surface area contributed by atoms with Gasteiger partial charge in [0.1, 0.15) is 17.2 Å². The van der Waals surface area contributed by atoms with E-state index in [2.05, 4.69) is 0 Å². The van der Waals surface area contributed by atoms with Gasteiger partial charge in [-0.05, 0) is 0 Å². The predicted octanol–water partition coefficient (Wildman–Crippen LogP) is 3.46. The SMILES string of the molecule is COC12OC(C(=O)c3ccccc31)C1(O2)c2ccccc2C2(OC)OC1C1(O2)c2ccccc2C2(OC)OC1C(=S)N2C. The number of fused-ring (bicyclic) bond motifs is 18. The van der Waals surface area contributed by atoms with E-state index in [0.29, 0.717) is 38.4 Å². The smallest absolute Gasteiger partial charge is 0.314 e. The molecular weight excluding hydrogens is 574 g/mol. The van der Waals surface area contributed by atoms with Crippen molar-refractivity contribution in [2.24, 2.45) is 0 Å². The number of hydrogen-bond acceptors (Lipinski definition) is 10. The quantitative estimate of drug-likeness (QED) is 0.413. The van der Waals surface area contributed by atoms with Crippen LogP contribution in [0.15, 0.2) is 72.8 Å². The molecule has 2 spiro atoms. The third kappa shape index (κ3) is 2.63. The fourth-order valence-corrected chi connectivity index (χ4v) is 8.49. The summed E-state index contributed by atoms with van der Waals surface area (Å²) in [5.74, 6) is -4.97. The molecule has 0 radical (unpaired) electrons. The van der Waals surface area contributed by atoms with Crippen molar-refractivity contribution in [1.29, 1.82) is 0 Å². The van der Waals surface area contributed by atoms with Crippen molar-refractivity contribution in [1.82, 2.24) is 4.90 Å². The van der Waals surface area contributed by atoms with Gasteiger partial charge >= 0.3 is 11.9 Å². The molecule has 0 N–H and O–H groups in total. The van der Waals surface area contributed by atoms with E-state index in [-0.39, 0.29) is 5.78 Å². The standard InChI is InChI=1S/C32H27NO9S/c1-33-26(43)25-29(19-13-7-9-15-21(19)30(33,35-2)38-25)27-28(20-14-8-10-16-22(20)32(37-4,40-27)42-29)24-23(34)17-11-5-6-12-18(17)31(36-3,39-24)41-28/h5-16,24-25,27H,1-4H3. The first-order valence-electron chi connectivity index (χ1n) is 14.0. The summed E-state index contributed by atoms with van der Waals surface area (Å²) < 4.78 is 52.6. The molecule has 10 nitrogen and oxygen atoms in total. The van der Waals surface area contributed by atoms with E-state index < -0.39 is 47.4 Å². The number of ketones is 1. The maximum absolute atomic E-state index is 14.5. The monoisotopic (exact) mass is 601 g/mol. The van der Waals surface area contributed by atoms with E-state index in [1.54, 1.807) is 30.2 Å². The van der Waals surface area contributed by atoms with Crippen molar-refractivity contribution < 1.29 is 42.7 Å². The second-order valence-electron chi connectivity index (χ2n) is 11.5. The highest BCUT2D eigenvalue weighted by Gasteiger charge is 2.84. The minimum atomic E-state index is -1.71. The molecule has 0 aromatic heterocycles. The molecular formula is C32H27NO9S. The van der Waals surface area contributed by atoms with Gasteiger partial charge in [0.25, 0.3) is 5.91 Å². The zero-order valence-corrected chi connectivity index (χ0v) is 24.5. The maximum atomic E-state index is 14.5. The molecule has 6 aliphatic heterocycles. The molecule has 6 heterocycles. The molecule has 3 saturated heterocycles. The van der Waals surface area contributed by atoms with Crippen LogP contribution in [0.1, 0.15) is 38.2 Å². The molecule has 8 unspecified atom stereocenters. The van der Waals surface area contributed by atoms with Gasteiger partial charge in [-0.3, -0.25) is 4.79 Å². The maximum Gasteiger partial charge on any atom is 0.314 e. The molecule has 220 valence electrons. The Morgan fingerprint density at radius 2 is 1.21 bits per heavy atom. The molecule has 3 fully saturated rings. The number of nitrogens with zero attached hydrogens (tertiary/aromatic N) is 1. The first-order chi connectivity index (χ1) is 20.8. The molecule has 0 saturated carbocycles. The van der Waals surface area contributed by atoms with Crippen molar-refractivity contribution >= 4 is 23.0 Å². The number of rotatable bonds is 3. The third-order valence-corrected chi connectivity index (χ3v) is 10.4. The van der Waals surface area contributed by atoms with Crippen molar-refractivity contribution in [2.75, 3.05) is 28.4 Å². The third-order valence-electron chi connectivity index (χ3n) is 9.93. The van der Waals surface area contributed by atoms with E-state index in [1.165, 1.54) is 14.2 Å². The fourth-order valence-electron chi connectivity index (χ4n) is 8.15. The highest BCUT2D eigenvalue weighted by atomic mass is 32.1. The predicted molar refractivity (Wildman–Crippen MR) is 150 cm³/mol. The van der Waals surface area contributed by atoms with Crippen molar-refractivity contribution in [3.05, 3.63) is 106 Å². The van der Waals surface area contributed by atoms with Gasteiger partial charge in [0, 0.05) is 56.2 Å². The molecule has 11 heteroatoms. The lowest BCUT2D eigenvalue weighted by Gasteiger charge is -2.49. The van der Waals surface area contributed by atoms with E-state index in [0.717, 1.165) is 0 Å². The van der Waals surface area contributed by atoms with Gasteiger partial charge in [-0.2, -0.15) is 0 Å². The molecule has 43 heavy (non-hydrogen) atoms. The number of ether oxygens (including phenoxy) is 8. The van der Waals surface area contributed by atoms with Crippen LogP contribution in [0.3, 0.4) is 0 Å². The summed E-state index contributed by atoms with van der Waals surface area (Å²) in [4.78, 5) is 16.7. The Kier molecular flexibility index (Phi) is 4.98. The number of carbonyl (C=O) groups is 1. The van der Waals surface area contributed by atoms with Crippen LogP contribution >= 0.6 is 12.2 Å². The Bertz CT molecular complexity index is 1770. The Labute approximate surface area is 252 Å². The van der Waals surface area contributed by atoms with Gasteiger partial charge < -0.3 is 42.8 Å². The van der Waals surface area contributed by atoms with Crippen molar-refractivity contribution in [3.63, 3.8) is 0 Å². The molecule has 3 aromatic carbocycles. The van der Waals surface area contributed by atoms with Crippen LogP contribution in [0, 0.1) is 0 Å². The molecule has 6 aliphatic rings. The van der Waals surface area contributed by atoms with Crippen LogP contribution in [0.2, 0.25) is 0 Å². The van der Waals surface area contributed by atoms with E-state index in [9.17, 15) is 4.79 Å². The number of methoxy groups -OCH3 is 3. The van der Waals surface area contributed by atoms with Gasteiger partial charge in [-0.1, -0.05) is 85.0 Å². The van der Waals surface area contributed by atoms with E-state index in [4.69, 9.17) is 50.1 Å². The first-order valence-corrected chi connectivity index (χ1v) is 14.4. The summed E-state index contributed by atoms with van der Waals surface area (Å²) in [6.45, 7) is 0. The van der Waals surface area contributed by atoms with Crippen LogP contribution in [0.4, 0.5) is 0 Å². The average Bonchev–Trinajstić information content (AvgIpc) is 3.64. The highest BCUT2D eigenvalue weighted by Crippen LogP contribution is 2.70. The topological polar surface area (TPSA) is 94.2 Å². The zero-order valence-electron chi connectivity index (χ0n) is 23.7. The zero-order chi connectivity index (χ0) is 29.6. The van der Waals surface area contributed by atoms with Crippen LogP contribution in [0.5, 0.6) is 0 Å². The van der Waals surface area contributed by atoms with Crippen LogP contribution < -0.4 is 0 Å². The fraction of sp³-hybridized carbons (Fsp3) is 0.375. The largest absolute Gasteiger partial charge is 0.332 e. The lowest BCUT2D eigenvalue weighted by atomic mass is 9.67. The molecule has 3 aromatic rings. The lowest BCUT2D eigenvalue weighted by Crippen LogP contribution is -2.64. The van der Waals surface area contributed by atoms with Crippen molar-refractivity contribution in [2.45, 2.75) is 47.4 Å². The van der Waals surface area contributed by atoms with Gasteiger partial charge in [-0.25, -0.2) is 0 Å². The summed E-state index contributed by atoms with van der Waals surface area (Å²) in [6, 6.07) is 22.3. The number of Topliss-reactive ketones (excluding diaryl/α,β-unsaturated/α-hetero) is 1. The second-order valence-corrected chi connectivity index (χ2v) is 11.9. The van der Waals surface area contributed by atoms with Crippen LogP contribution in [-0.4, -0.2) is 62.4 Å². The number of benzene rings is 3. The average molecular weight is 602 g/mol. The van der Waals surface area contributed by atoms with Gasteiger partial charge in [0.05, 0.1) is 5.56 Å². The molecule has 8 atom stereocenters. The lowest BCUT2D eigenvalue weighted by molar-refractivity contribution is -0.382. The van der Waals surface area contributed by atoms with Gasteiger partial charge in [0.15, 0.2) is 23.1 Å². The van der Waals surface area contributed by atoms with Crippen molar-refractivity contribution in [3.8, 4) is 0 Å². The molecule has 6 bridgehead atoms. The van der Waals surface area contributed by atoms with Crippen LogP contribution in [-0.2, 0) is 67.0 Å². The summed E-state index contributed by atoms with van der Waals surface area (Å²) >= 11 is 6.06. The number of likely N-dealkylation sites (N-methyl/N-ethyl adjacent to an activating group) is 1. The summed E-state index contributed by atoms with van der Waals surface area (Å²) in [5, 5.41) is 0. The van der Waals surface area contributed by atoms with E-state index >= 15 is 0 Å². The Morgan fingerprint density at radius 3 is 1.86 bits per heavy atom. The summed E-state index contributed by atoms with van der Waals surface area (Å²) in [5.41, 5.74) is 0.365. The number of carbonyl (C=O) groups excluding carboxylic acids is 1. The Morgan fingerprint density at radius 1 is 0.674 bits per heavy atom. The second kappa shape index (κ2) is 8.13. The van der Waals surface area contributed by atoms with E-state index in [1.807, 2.05) is 61.6 Å². The summed E-state index contributed by atoms with van der Waals surface area (Å²) in [6.07, 6.45) is -3.17. The summed E-state index contributed by atoms with van der Waals surface area (Å²) in [7, 11) is 6.40. The molecule has 0 amide bonds. The number of thiocarbonyl (C=S) groups is 1. The Hall–Kier alpha value is -3.10. The normalized spacial score (nSPS) is 41.1. The Balaban J connectivity index is 1.39. The highest BCUT2D eigenvalue weighted by molar-refractivity contribution is 7.80. The minimum absolute atomic E-state index is 0.270. The number of hydrogen-bond donors (Lipinski definition) is 0. The minimum Gasteiger partial charge on any atom is -0.332 e. The molecule has 9 rings (SSSR count). The van der Waals surface area contributed by atoms with Gasteiger partial charge in [0.2, 0.25) is 0 Å². The van der Waals surface area contributed by atoms with Crippen LogP contribution in [0.25, 0.3) is 0 Å². The van der Waals surface area contributed by atoms with Gasteiger partial charge in [-0.15, -0.1) is 0 Å². The first kappa shape index (κ1) is 26.3. The molecule has 0 aliphatic carbocycles.